The summed E-state index contributed by atoms with van der Waals surface area (Å²) in [5, 5.41) is 4.24. The number of likely N-dealkylation sites (tertiary alicyclic amines) is 1. The van der Waals surface area contributed by atoms with Crippen molar-refractivity contribution in [3.63, 3.8) is 0 Å². The summed E-state index contributed by atoms with van der Waals surface area (Å²) < 4.78 is 1.47. The molecule has 4 rings (SSSR count). The zero-order valence-corrected chi connectivity index (χ0v) is 15.2. The average Bonchev–Trinajstić information content (AvgIpc) is 3.02. The second-order valence-electron chi connectivity index (χ2n) is 7.35. The molecule has 7 nitrogen and oxygen atoms in total. The van der Waals surface area contributed by atoms with Gasteiger partial charge in [-0.2, -0.15) is 5.10 Å². The van der Waals surface area contributed by atoms with Gasteiger partial charge in [0.05, 0.1) is 18.2 Å². The molecule has 0 spiro atoms. The fourth-order valence-electron chi connectivity index (χ4n) is 3.78. The Morgan fingerprint density at radius 1 is 1.07 bits per heavy atom. The van der Waals surface area contributed by atoms with Gasteiger partial charge in [-0.05, 0) is 25.1 Å². The Bertz CT molecular complexity index is 918. The first-order valence-corrected chi connectivity index (χ1v) is 9.20. The Labute approximate surface area is 157 Å². The minimum Gasteiger partial charge on any atom is -0.342 e. The van der Waals surface area contributed by atoms with Gasteiger partial charge in [0.15, 0.2) is 0 Å². The molecule has 0 N–H and O–H groups in total. The van der Waals surface area contributed by atoms with Gasteiger partial charge in [0.25, 0.3) is 5.56 Å². The maximum atomic E-state index is 12.7. The summed E-state index contributed by atoms with van der Waals surface area (Å²) in [7, 11) is 0. The standard InChI is InChI=1S/C20H22N4O3/c1-14-7-8-18(25)24(21-14)12-15-10-22(11-15)20(27)16-9-19(26)23(13-16)17-5-3-2-4-6-17/h2-8,15-16H,9-13H2,1H3. The molecule has 2 aromatic rings. The molecule has 2 aliphatic heterocycles. The molecule has 1 atom stereocenters. The molecule has 140 valence electrons. The Morgan fingerprint density at radius 3 is 2.56 bits per heavy atom. The second-order valence-corrected chi connectivity index (χ2v) is 7.35. The van der Waals surface area contributed by atoms with Crippen molar-refractivity contribution in [1.29, 1.82) is 0 Å². The topological polar surface area (TPSA) is 75.5 Å². The SMILES string of the molecule is Cc1ccc(=O)n(CC2CN(C(=O)C3CC(=O)N(c4ccccc4)C3)C2)n1. The quantitative estimate of drug-likeness (QED) is 0.811. The highest BCUT2D eigenvalue weighted by atomic mass is 16.2. The van der Waals surface area contributed by atoms with Crippen molar-refractivity contribution >= 4 is 17.5 Å². The summed E-state index contributed by atoms with van der Waals surface area (Å²) in [6.07, 6.45) is 0.258. The smallest absolute Gasteiger partial charge is 0.266 e. The Kier molecular flexibility index (Phi) is 4.51. The fraction of sp³-hybridized carbons (Fsp3) is 0.400. The highest BCUT2D eigenvalue weighted by Crippen LogP contribution is 2.28. The maximum absolute atomic E-state index is 12.7. The zero-order chi connectivity index (χ0) is 19.0. The van der Waals surface area contributed by atoms with Crippen molar-refractivity contribution in [3.8, 4) is 0 Å². The van der Waals surface area contributed by atoms with Crippen LogP contribution in [0.4, 0.5) is 5.69 Å². The van der Waals surface area contributed by atoms with Gasteiger partial charge in [-0.1, -0.05) is 18.2 Å². The van der Waals surface area contributed by atoms with Crippen molar-refractivity contribution < 1.29 is 9.59 Å². The number of amides is 2. The molecule has 3 heterocycles. The number of hydrogen-bond donors (Lipinski definition) is 0. The van der Waals surface area contributed by atoms with Crippen LogP contribution in [0.2, 0.25) is 0 Å². The highest BCUT2D eigenvalue weighted by molar-refractivity contribution is 6.00. The number of rotatable bonds is 4. The molecule has 7 heteroatoms. The molecule has 1 aromatic carbocycles. The van der Waals surface area contributed by atoms with E-state index in [9.17, 15) is 14.4 Å². The molecule has 0 bridgehead atoms. The van der Waals surface area contributed by atoms with E-state index < -0.39 is 0 Å². The van der Waals surface area contributed by atoms with Crippen LogP contribution in [-0.4, -0.2) is 46.1 Å². The zero-order valence-electron chi connectivity index (χ0n) is 15.2. The number of nitrogens with zero attached hydrogens (tertiary/aromatic N) is 4. The predicted octanol–water partition coefficient (Wildman–Crippen LogP) is 1.06. The molecule has 2 amide bonds. The Balaban J connectivity index is 1.34. The number of para-hydroxylation sites is 1. The van der Waals surface area contributed by atoms with Crippen LogP contribution in [0.1, 0.15) is 12.1 Å². The van der Waals surface area contributed by atoms with Gasteiger partial charge in [0, 0.05) is 43.7 Å². The molecule has 27 heavy (non-hydrogen) atoms. The van der Waals surface area contributed by atoms with Crippen LogP contribution in [0.5, 0.6) is 0 Å². The van der Waals surface area contributed by atoms with Gasteiger partial charge >= 0.3 is 0 Å². The number of anilines is 1. The predicted molar refractivity (Wildman–Crippen MR) is 100 cm³/mol. The number of aromatic nitrogens is 2. The lowest BCUT2D eigenvalue weighted by Gasteiger charge is -2.40. The lowest BCUT2D eigenvalue weighted by atomic mass is 9.96. The monoisotopic (exact) mass is 366 g/mol. The largest absolute Gasteiger partial charge is 0.342 e. The van der Waals surface area contributed by atoms with Crippen molar-refractivity contribution in [2.24, 2.45) is 11.8 Å². The molecule has 1 aromatic heterocycles. The van der Waals surface area contributed by atoms with Crippen LogP contribution in [0.25, 0.3) is 0 Å². The summed E-state index contributed by atoms with van der Waals surface area (Å²) >= 11 is 0. The average molecular weight is 366 g/mol. The van der Waals surface area contributed by atoms with Gasteiger partial charge in [0.1, 0.15) is 0 Å². The van der Waals surface area contributed by atoms with E-state index in [1.165, 1.54) is 10.7 Å². The molecule has 0 saturated carbocycles. The van der Waals surface area contributed by atoms with E-state index in [4.69, 9.17) is 0 Å². The number of carbonyl (C=O) groups is 2. The third-order valence-electron chi connectivity index (χ3n) is 5.24. The van der Waals surface area contributed by atoms with Crippen LogP contribution in [0.15, 0.2) is 47.3 Å². The van der Waals surface area contributed by atoms with Crippen molar-refractivity contribution in [2.45, 2.75) is 19.9 Å². The summed E-state index contributed by atoms with van der Waals surface area (Å²) in [5.74, 6) is -0.0449. The van der Waals surface area contributed by atoms with Crippen LogP contribution in [0.3, 0.4) is 0 Å². The minimum absolute atomic E-state index is 0.00728. The first-order chi connectivity index (χ1) is 13.0. The van der Waals surface area contributed by atoms with Crippen LogP contribution >= 0.6 is 0 Å². The van der Waals surface area contributed by atoms with E-state index in [-0.39, 0.29) is 35.6 Å². The number of benzene rings is 1. The third kappa shape index (κ3) is 3.49. The van der Waals surface area contributed by atoms with Gasteiger partial charge in [-0.3, -0.25) is 14.4 Å². The van der Waals surface area contributed by atoms with Gasteiger partial charge in [-0.25, -0.2) is 4.68 Å². The second kappa shape index (κ2) is 6.98. The van der Waals surface area contributed by atoms with Gasteiger partial charge in [0.2, 0.25) is 11.8 Å². The highest BCUT2D eigenvalue weighted by Gasteiger charge is 2.40. The van der Waals surface area contributed by atoms with Crippen LogP contribution in [-0.2, 0) is 16.1 Å². The van der Waals surface area contributed by atoms with E-state index >= 15 is 0 Å². The Morgan fingerprint density at radius 2 is 1.81 bits per heavy atom. The normalized spacial score (nSPS) is 20.0. The summed E-state index contributed by atoms with van der Waals surface area (Å²) in [6, 6.07) is 12.7. The molecule has 0 aliphatic carbocycles. The molecule has 2 saturated heterocycles. The number of aryl methyl sites for hydroxylation is 1. The van der Waals surface area contributed by atoms with Crippen LogP contribution in [0, 0.1) is 18.8 Å². The van der Waals surface area contributed by atoms with Gasteiger partial charge < -0.3 is 9.80 Å². The summed E-state index contributed by atoms with van der Waals surface area (Å²) in [6.45, 7) is 4.02. The maximum Gasteiger partial charge on any atom is 0.266 e. The van der Waals surface area contributed by atoms with Gasteiger partial charge in [-0.15, -0.1) is 0 Å². The summed E-state index contributed by atoms with van der Waals surface area (Å²) in [5.41, 5.74) is 1.52. The lowest BCUT2D eigenvalue weighted by molar-refractivity contribution is -0.142. The fourth-order valence-corrected chi connectivity index (χ4v) is 3.78. The molecular formula is C20H22N4O3. The van der Waals surface area contributed by atoms with Crippen LogP contribution < -0.4 is 10.5 Å². The molecular weight excluding hydrogens is 344 g/mol. The molecule has 0 radical (unpaired) electrons. The number of hydrogen-bond acceptors (Lipinski definition) is 4. The van der Waals surface area contributed by atoms with E-state index in [0.717, 1.165) is 11.4 Å². The minimum atomic E-state index is -0.293. The lowest BCUT2D eigenvalue weighted by Crippen LogP contribution is -2.54. The summed E-state index contributed by atoms with van der Waals surface area (Å²) in [4.78, 5) is 40.4. The first kappa shape index (κ1) is 17.5. The van der Waals surface area contributed by atoms with E-state index in [1.54, 1.807) is 15.9 Å². The molecule has 2 aliphatic rings. The van der Waals surface area contributed by atoms with E-state index in [0.29, 0.717) is 26.2 Å². The van der Waals surface area contributed by atoms with Crippen molar-refractivity contribution in [2.75, 3.05) is 24.5 Å². The van der Waals surface area contributed by atoms with Crippen molar-refractivity contribution in [1.82, 2.24) is 14.7 Å². The first-order valence-electron chi connectivity index (χ1n) is 9.20. The van der Waals surface area contributed by atoms with E-state index in [2.05, 4.69) is 5.10 Å². The molecule has 1 unspecified atom stereocenters. The number of carbonyl (C=O) groups excluding carboxylic acids is 2. The molecule has 2 fully saturated rings. The van der Waals surface area contributed by atoms with E-state index in [1.807, 2.05) is 37.3 Å². The Hall–Kier alpha value is -2.96. The third-order valence-corrected chi connectivity index (χ3v) is 5.24. The van der Waals surface area contributed by atoms with Crippen molar-refractivity contribution in [3.05, 3.63) is 58.5 Å².